The SMILES string of the molecule is COc1ccccc1NC(=S)NC(=O)Cc1cccc2ccccc12. The molecule has 3 rings (SSSR count). The average molecular weight is 350 g/mol. The number of para-hydroxylation sites is 2. The minimum Gasteiger partial charge on any atom is -0.495 e. The summed E-state index contributed by atoms with van der Waals surface area (Å²) in [6.07, 6.45) is 0.259. The Hall–Kier alpha value is -2.92. The van der Waals surface area contributed by atoms with E-state index in [1.54, 1.807) is 7.11 Å². The molecular formula is C20H18N2O2S. The molecule has 0 heterocycles. The number of ether oxygens (including phenoxy) is 1. The van der Waals surface area contributed by atoms with E-state index in [1.165, 1.54) is 0 Å². The third-order valence-electron chi connectivity index (χ3n) is 3.84. The number of fused-ring (bicyclic) bond motifs is 1. The number of methoxy groups -OCH3 is 1. The summed E-state index contributed by atoms with van der Waals surface area (Å²) >= 11 is 5.23. The largest absolute Gasteiger partial charge is 0.495 e. The number of anilines is 1. The summed E-state index contributed by atoms with van der Waals surface area (Å²) in [5.74, 6) is 0.497. The van der Waals surface area contributed by atoms with Gasteiger partial charge in [0.05, 0.1) is 19.2 Å². The van der Waals surface area contributed by atoms with Gasteiger partial charge in [0.25, 0.3) is 0 Å². The highest BCUT2D eigenvalue weighted by Gasteiger charge is 2.10. The maximum Gasteiger partial charge on any atom is 0.230 e. The minimum atomic E-state index is -0.163. The summed E-state index contributed by atoms with van der Waals surface area (Å²) in [5, 5.41) is 8.14. The van der Waals surface area contributed by atoms with E-state index in [1.807, 2.05) is 66.7 Å². The van der Waals surface area contributed by atoms with Crippen LogP contribution in [0.25, 0.3) is 10.8 Å². The van der Waals surface area contributed by atoms with Crippen LogP contribution in [0.2, 0.25) is 0 Å². The average Bonchev–Trinajstić information content (AvgIpc) is 2.62. The van der Waals surface area contributed by atoms with Crippen LogP contribution in [-0.2, 0) is 11.2 Å². The molecule has 126 valence electrons. The molecule has 0 atom stereocenters. The normalized spacial score (nSPS) is 10.3. The highest BCUT2D eigenvalue weighted by molar-refractivity contribution is 7.80. The molecule has 0 aromatic heterocycles. The molecule has 0 aliphatic heterocycles. The van der Waals surface area contributed by atoms with Gasteiger partial charge in [0.15, 0.2) is 5.11 Å². The molecule has 5 heteroatoms. The first-order valence-electron chi connectivity index (χ1n) is 7.88. The second-order valence-electron chi connectivity index (χ2n) is 5.52. The summed E-state index contributed by atoms with van der Waals surface area (Å²) < 4.78 is 5.26. The van der Waals surface area contributed by atoms with Gasteiger partial charge in [0, 0.05) is 0 Å². The van der Waals surface area contributed by atoms with E-state index >= 15 is 0 Å². The van der Waals surface area contributed by atoms with Crippen LogP contribution in [0.5, 0.6) is 5.75 Å². The molecule has 3 aromatic rings. The van der Waals surface area contributed by atoms with Crippen LogP contribution >= 0.6 is 12.2 Å². The Morgan fingerprint density at radius 1 is 1.00 bits per heavy atom. The van der Waals surface area contributed by atoms with Crippen LogP contribution in [-0.4, -0.2) is 18.1 Å². The number of rotatable bonds is 4. The Kier molecular flexibility index (Phi) is 5.26. The Morgan fingerprint density at radius 2 is 1.72 bits per heavy atom. The van der Waals surface area contributed by atoms with Crippen molar-refractivity contribution in [3.8, 4) is 5.75 Å². The molecule has 0 aliphatic carbocycles. The molecule has 2 N–H and O–H groups in total. The van der Waals surface area contributed by atoms with Gasteiger partial charge in [-0.3, -0.25) is 4.79 Å². The lowest BCUT2D eigenvalue weighted by molar-refractivity contribution is -0.119. The molecule has 0 spiro atoms. The first kappa shape index (κ1) is 16.9. The number of benzene rings is 3. The van der Waals surface area contributed by atoms with Crippen molar-refractivity contribution < 1.29 is 9.53 Å². The molecule has 0 saturated carbocycles. The van der Waals surface area contributed by atoms with E-state index in [9.17, 15) is 4.79 Å². The van der Waals surface area contributed by atoms with Gasteiger partial charge in [-0.1, -0.05) is 54.6 Å². The van der Waals surface area contributed by atoms with Crippen molar-refractivity contribution in [2.75, 3.05) is 12.4 Å². The van der Waals surface area contributed by atoms with Gasteiger partial charge in [0.2, 0.25) is 5.91 Å². The quantitative estimate of drug-likeness (QED) is 0.701. The molecule has 0 fully saturated rings. The molecular weight excluding hydrogens is 332 g/mol. The monoisotopic (exact) mass is 350 g/mol. The summed E-state index contributed by atoms with van der Waals surface area (Å²) in [4.78, 5) is 12.3. The lowest BCUT2D eigenvalue weighted by atomic mass is 10.0. The van der Waals surface area contributed by atoms with E-state index in [0.717, 1.165) is 16.3 Å². The van der Waals surface area contributed by atoms with Crippen LogP contribution in [0.3, 0.4) is 0 Å². The third-order valence-corrected chi connectivity index (χ3v) is 4.04. The Balaban J connectivity index is 1.67. The Bertz CT molecular complexity index is 919. The first-order valence-corrected chi connectivity index (χ1v) is 8.28. The van der Waals surface area contributed by atoms with Crippen molar-refractivity contribution in [3.05, 3.63) is 72.3 Å². The van der Waals surface area contributed by atoms with Crippen LogP contribution in [0.4, 0.5) is 5.69 Å². The van der Waals surface area contributed by atoms with Crippen LogP contribution in [0.15, 0.2) is 66.7 Å². The van der Waals surface area contributed by atoms with E-state index in [4.69, 9.17) is 17.0 Å². The van der Waals surface area contributed by atoms with Gasteiger partial charge in [-0.25, -0.2) is 0 Å². The second kappa shape index (κ2) is 7.77. The van der Waals surface area contributed by atoms with Gasteiger partial charge < -0.3 is 15.4 Å². The first-order chi connectivity index (χ1) is 12.2. The summed E-state index contributed by atoms with van der Waals surface area (Å²) in [5.41, 5.74) is 1.68. The molecule has 0 aliphatic rings. The highest BCUT2D eigenvalue weighted by atomic mass is 32.1. The van der Waals surface area contributed by atoms with Crippen molar-refractivity contribution in [1.29, 1.82) is 0 Å². The lowest BCUT2D eigenvalue weighted by Crippen LogP contribution is -2.35. The van der Waals surface area contributed by atoms with Gasteiger partial charge in [-0.05, 0) is 40.7 Å². The van der Waals surface area contributed by atoms with E-state index in [-0.39, 0.29) is 17.4 Å². The number of hydrogen-bond donors (Lipinski definition) is 2. The summed E-state index contributed by atoms with van der Waals surface area (Å²) in [6.45, 7) is 0. The number of carbonyl (C=O) groups excluding carboxylic acids is 1. The molecule has 3 aromatic carbocycles. The van der Waals surface area contributed by atoms with Crippen LogP contribution in [0.1, 0.15) is 5.56 Å². The van der Waals surface area contributed by atoms with Gasteiger partial charge in [-0.15, -0.1) is 0 Å². The molecule has 0 radical (unpaired) electrons. The third kappa shape index (κ3) is 4.14. The van der Waals surface area contributed by atoms with Crippen LogP contribution in [0, 0.1) is 0 Å². The summed E-state index contributed by atoms with van der Waals surface area (Å²) in [7, 11) is 1.59. The summed E-state index contributed by atoms with van der Waals surface area (Å²) in [6, 6.07) is 21.3. The fraction of sp³-hybridized carbons (Fsp3) is 0.100. The highest BCUT2D eigenvalue weighted by Crippen LogP contribution is 2.23. The maximum absolute atomic E-state index is 12.3. The number of nitrogens with one attached hydrogen (secondary N) is 2. The van der Waals surface area contributed by atoms with Gasteiger partial charge >= 0.3 is 0 Å². The molecule has 0 saturated heterocycles. The molecule has 25 heavy (non-hydrogen) atoms. The lowest BCUT2D eigenvalue weighted by Gasteiger charge is -2.13. The maximum atomic E-state index is 12.3. The fourth-order valence-corrected chi connectivity index (χ4v) is 2.92. The van der Waals surface area contributed by atoms with Crippen molar-refractivity contribution in [1.82, 2.24) is 5.32 Å². The van der Waals surface area contributed by atoms with Crippen molar-refractivity contribution in [2.24, 2.45) is 0 Å². The topological polar surface area (TPSA) is 50.4 Å². The minimum absolute atomic E-state index is 0.163. The van der Waals surface area contributed by atoms with E-state index in [0.29, 0.717) is 11.4 Å². The number of thiocarbonyl (C=S) groups is 1. The van der Waals surface area contributed by atoms with Crippen molar-refractivity contribution in [3.63, 3.8) is 0 Å². The zero-order chi connectivity index (χ0) is 17.6. The standard InChI is InChI=1S/C20H18N2O2S/c1-24-18-12-5-4-11-17(18)21-20(25)22-19(23)13-15-9-6-8-14-7-2-3-10-16(14)15/h2-12H,13H2,1H3,(H2,21,22,23,25). The zero-order valence-corrected chi connectivity index (χ0v) is 14.6. The van der Waals surface area contributed by atoms with Crippen LogP contribution < -0.4 is 15.4 Å². The number of amides is 1. The van der Waals surface area contributed by atoms with Gasteiger partial charge in [0.1, 0.15) is 5.75 Å². The predicted octanol–water partition coefficient (Wildman–Crippen LogP) is 3.90. The zero-order valence-electron chi connectivity index (χ0n) is 13.8. The number of hydrogen-bond acceptors (Lipinski definition) is 3. The molecule has 4 nitrogen and oxygen atoms in total. The van der Waals surface area contributed by atoms with E-state index in [2.05, 4.69) is 10.6 Å². The number of carbonyl (C=O) groups is 1. The van der Waals surface area contributed by atoms with E-state index < -0.39 is 0 Å². The Morgan fingerprint density at radius 3 is 2.56 bits per heavy atom. The molecule has 0 bridgehead atoms. The van der Waals surface area contributed by atoms with Crippen molar-refractivity contribution >= 4 is 39.7 Å². The second-order valence-corrected chi connectivity index (χ2v) is 5.93. The van der Waals surface area contributed by atoms with Gasteiger partial charge in [-0.2, -0.15) is 0 Å². The molecule has 1 amide bonds. The fourth-order valence-electron chi connectivity index (χ4n) is 2.69. The molecule has 0 unspecified atom stereocenters. The Labute approximate surface area is 151 Å². The predicted molar refractivity (Wildman–Crippen MR) is 105 cm³/mol. The smallest absolute Gasteiger partial charge is 0.230 e. The van der Waals surface area contributed by atoms with Crippen molar-refractivity contribution in [2.45, 2.75) is 6.42 Å².